The number of benzene rings is 1. The first-order valence-electron chi connectivity index (χ1n) is 7.01. The van der Waals surface area contributed by atoms with E-state index >= 15 is 0 Å². The Morgan fingerprint density at radius 2 is 1.70 bits per heavy atom. The number of nitrogens with one attached hydrogen (secondary N) is 2. The van der Waals surface area contributed by atoms with Gasteiger partial charge >= 0.3 is 5.69 Å². The van der Waals surface area contributed by atoms with Crippen molar-refractivity contribution in [3.05, 3.63) is 51.7 Å². The lowest BCUT2D eigenvalue weighted by atomic mass is 9.94. The van der Waals surface area contributed by atoms with Gasteiger partial charge in [-0.2, -0.15) is 0 Å². The molecule has 0 saturated carbocycles. The molecule has 20 heavy (non-hydrogen) atoms. The minimum absolute atomic E-state index is 0.204. The average Bonchev–Trinajstić information content (AvgIpc) is 2.81. The highest BCUT2D eigenvalue weighted by Gasteiger charge is 2.15. The van der Waals surface area contributed by atoms with E-state index in [-0.39, 0.29) is 5.69 Å². The van der Waals surface area contributed by atoms with Gasteiger partial charge in [0, 0.05) is 6.20 Å². The predicted molar refractivity (Wildman–Crippen MR) is 80.4 cm³/mol. The lowest BCUT2D eigenvalue weighted by molar-refractivity contribution is 0.293. The van der Waals surface area contributed by atoms with Crippen LogP contribution in [0.2, 0.25) is 0 Å². The normalized spacial score (nSPS) is 11.3. The minimum atomic E-state index is -0.204. The molecule has 108 valence electrons. The van der Waals surface area contributed by atoms with Gasteiger partial charge in [-0.3, -0.25) is 0 Å². The highest BCUT2D eigenvalue weighted by molar-refractivity contribution is 5.44. The monoisotopic (exact) mass is 274 g/mol. The second kappa shape index (κ2) is 5.99. The molecule has 0 unspecified atom stereocenters. The number of aromatic amines is 2. The van der Waals surface area contributed by atoms with Crippen molar-refractivity contribution in [2.45, 2.75) is 46.1 Å². The van der Waals surface area contributed by atoms with Gasteiger partial charge in [-0.1, -0.05) is 45.9 Å². The third-order valence-electron chi connectivity index (χ3n) is 3.34. The van der Waals surface area contributed by atoms with Crippen LogP contribution in [0.3, 0.4) is 0 Å². The fourth-order valence-electron chi connectivity index (χ4n) is 2.25. The molecule has 2 N–H and O–H groups in total. The average molecular weight is 274 g/mol. The van der Waals surface area contributed by atoms with Crippen LogP contribution in [0.15, 0.2) is 29.2 Å². The first-order valence-corrected chi connectivity index (χ1v) is 7.01. The quantitative estimate of drug-likeness (QED) is 0.876. The van der Waals surface area contributed by atoms with Crippen LogP contribution in [-0.4, -0.2) is 9.97 Å². The molecule has 2 rings (SSSR count). The zero-order valence-corrected chi connectivity index (χ0v) is 12.5. The van der Waals surface area contributed by atoms with Gasteiger partial charge in [0.2, 0.25) is 0 Å². The van der Waals surface area contributed by atoms with E-state index in [9.17, 15) is 4.79 Å². The molecule has 1 heterocycles. The lowest BCUT2D eigenvalue weighted by Gasteiger charge is -2.19. The third-order valence-corrected chi connectivity index (χ3v) is 3.34. The molecule has 0 atom stereocenters. The Morgan fingerprint density at radius 1 is 1.10 bits per heavy atom. The van der Waals surface area contributed by atoms with Gasteiger partial charge in [-0.05, 0) is 23.0 Å². The molecule has 0 aliphatic carbocycles. The van der Waals surface area contributed by atoms with Crippen molar-refractivity contribution in [1.29, 1.82) is 0 Å². The third kappa shape index (κ3) is 3.13. The smallest absolute Gasteiger partial charge is 0.323 e. The number of imidazole rings is 1. The summed E-state index contributed by atoms with van der Waals surface area (Å²) >= 11 is 0. The zero-order chi connectivity index (χ0) is 14.7. The van der Waals surface area contributed by atoms with Crippen molar-refractivity contribution in [3.63, 3.8) is 0 Å². The zero-order valence-electron chi connectivity index (χ0n) is 12.5. The van der Waals surface area contributed by atoms with Crippen LogP contribution < -0.4 is 10.4 Å². The Labute approximate surface area is 119 Å². The van der Waals surface area contributed by atoms with Crippen molar-refractivity contribution in [2.24, 2.45) is 0 Å². The summed E-state index contributed by atoms with van der Waals surface area (Å²) in [6.07, 6.45) is 1.65. The second-order valence-electron chi connectivity index (χ2n) is 5.63. The van der Waals surface area contributed by atoms with Crippen LogP contribution >= 0.6 is 0 Å². The number of ether oxygens (including phenoxy) is 1. The van der Waals surface area contributed by atoms with E-state index in [2.05, 4.69) is 55.9 Å². The number of rotatable bonds is 5. The van der Waals surface area contributed by atoms with Crippen molar-refractivity contribution in [2.75, 3.05) is 0 Å². The van der Waals surface area contributed by atoms with Gasteiger partial charge in [0.05, 0.1) is 5.69 Å². The Hall–Kier alpha value is -1.97. The van der Waals surface area contributed by atoms with Gasteiger partial charge in [-0.15, -0.1) is 0 Å². The van der Waals surface area contributed by atoms with E-state index in [0.717, 1.165) is 11.4 Å². The van der Waals surface area contributed by atoms with Gasteiger partial charge < -0.3 is 14.7 Å². The SMILES string of the molecule is CC(C)c1cccc(C(C)C)c1OCc1c[nH]c(=O)[nH]1. The topological polar surface area (TPSA) is 57.9 Å². The molecular formula is C16H22N2O2. The van der Waals surface area contributed by atoms with E-state index in [4.69, 9.17) is 4.74 Å². The molecule has 0 radical (unpaired) electrons. The molecule has 0 spiro atoms. The summed E-state index contributed by atoms with van der Waals surface area (Å²) in [6, 6.07) is 6.28. The molecule has 1 aromatic carbocycles. The molecule has 4 nitrogen and oxygen atoms in total. The fraction of sp³-hybridized carbons (Fsp3) is 0.438. The number of hydrogen-bond acceptors (Lipinski definition) is 2. The summed E-state index contributed by atoms with van der Waals surface area (Å²) in [4.78, 5) is 16.4. The summed E-state index contributed by atoms with van der Waals surface area (Å²) in [5, 5.41) is 0. The maximum atomic E-state index is 11.1. The molecule has 0 amide bonds. The van der Waals surface area contributed by atoms with Crippen molar-refractivity contribution >= 4 is 0 Å². The molecular weight excluding hydrogens is 252 g/mol. The maximum Gasteiger partial charge on any atom is 0.323 e. The van der Waals surface area contributed by atoms with Crippen LogP contribution in [0.1, 0.15) is 56.4 Å². The van der Waals surface area contributed by atoms with Crippen molar-refractivity contribution in [3.8, 4) is 5.75 Å². The van der Waals surface area contributed by atoms with Gasteiger partial charge in [0.15, 0.2) is 0 Å². The van der Waals surface area contributed by atoms with Crippen molar-refractivity contribution in [1.82, 2.24) is 9.97 Å². The summed E-state index contributed by atoms with van der Waals surface area (Å²) < 4.78 is 6.00. The number of H-pyrrole nitrogens is 2. The maximum absolute atomic E-state index is 11.1. The Kier molecular flexibility index (Phi) is 4.32. The molecule has 0 fully saturated rings. The standard InChI is InChI=1S/C16H22N2O2/c1-10(2)13-6-5-7-14(11(3)4)15(13)20-9-12-8-17-16(19)18-12/h5-8,10-11H,9H2,1-4H3,(H2,17,18,19). The van der Waals surface area contributed by atoms with Crippen LogP contribution in [-0.2, 0) is 6.61 Å². The van der Waals surface area contributed by atoms with Crippen LogP contribution in [0.4, 0.5) is 0 Å². The molecule has 0 aliphatic rings. The highest BCUT2D eigenvalue weighted by atomic mass is 16.5. The van der Waals surface area contributed by atoms with E-state index in [1.54, 1.807) is 6.20 Å². The Balaban J connectivity index is 2.30. The predicted octanol–water partition coefficient (Wildman–Crippen LogP) is 3.53. The summed E-state index contributed by atoms with van der Waals surface area (Å²) in [5.74, 6) is 1.74. The Bertz CT molecular complexity index is 597. The van der Waals surface area contributed by atoms with Crippen LogP contribution in [0, 0.1) is 0 Å². The first-order chi connectivity index (χ1) is 9.49. The number of para-hydroxylation sites is 1. The highest BCUT2D eigenvalue weighted by Crippen LogP contribution is 2.34. The van der Waals surface area contributed by atoms with Crippen LogP contribution in [0.5, 0.6) is 5.75 Å². The first kappa shape index (κ1) is 14.4. The van der Waals surface area contributed by atoms with Gasteiger partial charge in [0.25, 0.3) is 0 Å². The molecule has 1 aromatic heterocycles. The second-order valence-corrected chi connectivity index (χ2v) is 5.63. The number of hydrogen-bond donors (Lipinski definition) is 2. The Morgan fingerprint density at radius 3 is 2.15 bits per heavy atom. The van der Waals surface area contributed by atoms with E-state index in [1.165, 1.54) is 11.1 Å². The molecule has 2 aromatic rings. The minimum Gasteiger partial charge on any atom is -0.487 e. The largest absolute Gasteiger partial charge is 0.487 e. The van der Waals surface area contributed by atoms with E-state index < -0.39 is 0 Å². The van der Waals surface area contributed by atoms with E-state index in [0.29, 0.717) is 18.4 Å². The molecule has 0 bridgehead atoms. The summed E-state index contributed by atoms with van der Waals surface area (Å²) in [6.45, 7) is 8.99. The number of aromatic nitrogens is 2. The van der Waals surface area contributed by atoms with Gasteiger partial charge in [-0.25, -0.2) is 4.79 Å². The molecule has 0 saturated heterocycles. The molecule has 0 aliphatic heterocycles. The molecule has 4 heteroatoms. The fourth-order valence-corrected chi connectivity index (χ4v) is 2.25. The van der Waals surface area contributed by atoms with E-state index in [1.807, 2.05) is 0 Å². The van der Waals surface area contributed by atoms with Gasteiger partial charge in [0.1, 0.15) is 12.4 Å². The summed E-state index contributed by atoms with van der Waals surface area (Å²) in [5.41, 5.74) is 2.95. The lowest BCUT2D eigenvalue weighted by Crippen LogP contribution is -2.06. The van der Waals surface area contributed by atoms with Crippen LogP contribution in [0.25, 0.3) is 0 Å². The summed E-state index contributed by atoms with van der Waals surface area (Å²) in [7, 11) is 0. The van der Waals surface area contributed by atoms with Crippen molar-refractivity contribution < 1.29 is 4.74 Å².